The molecule has 1 amide bonds. The van der Waals surface area contributed by atoms with Gasteiger partial charge < -0.3 is 21.1 Å². The molecule has 30 heavy (non-hydrogen) atoms. The highest BCUT2D eigenvalue weighted by molar-refractivity contribution is 6.30. The molecule has 9 heteroatoms. The molecule has 8 nitrogen and oxygen atoms in total. The standard InChI is InChI=1S/C21H23ClN6O2/c22-15-6-4-14(5-7-15)20(29)28-10-8-27(9-11-28)12-13-30-17-3-1-2-16-18(17)19(23)26-21(24)25-16/h1-7H,8-13H2,(H4,23,24,25,26). The van der Waals surface area contributed by atoms with Gasteiger partial charge in [-0.05, 0) is 36.4 Å². The van der Waals surface area contributed by atoms with Crippen LogP contribution in [0.25, 0.3) is 10.9 Å². The molecule has 1 saturated heterocycles. The van der Waals surface area contributed by atoms with Crippen molar-refractivity contribution in [2.45, 2.75) is 0 Å². The maximum atomic E-state index is 12.6. The van der Waals surface area contributed by atoms with E-state index in [0.717, 1.165) is 19.6 Å². The van der Waals surface area contributed by atoms with Gasteiger partial charge in [0, 0.05) is 43.3 Å². The zero-order chi connectivity index (χ0) is 21.1. The van der Waals surface area contributed by atoms with Crippen LogP contribution in [0.1, 0.15) is 10.4 Å². The molecule has 0 aliphatic carbocycles. The van der Waals surface area contributed by atoms with Gasteiger partial charge in [0.15, 0.2) is 0 Å². The zero-order valence-electron chi connectivity index (χ0n) is 16.4. The number of nitrogens with zero attached hydrogens (tertiary/aromatic N) is 4. The van der Waals surface area contributed by atoms with Crippen LogP contribution in [0, 0.1) is 0 Å². The van der Waals surface area contributed by atoms with Crippen molar-refractivity contribution in [3.63, 3.8) is 0 Å². The monoisotopic (exact) mass is 426 g/mol. The number of fused-ring (bicyclic) bond motifs is 1. The zero-order valence-corrected chi connectivity index (χ0v) is 17.2. The molecular formula is C21H23ClN6O2. The normalized spacial score (nSPS) is 14.8. The van der Waals surface area contributed by atoms with E-state index in [0.29, 0.717) is 52.8 Å². The fraction of sp³-hybridized carbons (Fsp3) is 0.286. The van der Waals surface area contributed by atoms with Gasteiger partial charge in [-0.25, -0.2) is 4.98 Å². The highest BCUT2D eigenvalue weighted by Gasteiger charge is 2.22. The number of anilines is 2. The van der Waals surface area contributed by atoms with E-state index < -0.39 is 0 Å². The number of aromatic nitrogens is 2. The van der Waals surface area contributed by atoms with Crippen molar-refractivity contribution in [3.05, 3.63) is 53.1 Å². The Hall–Kier alpha value is -3.10. The van der Waals surface area contributed by atoms with Crippen molar-refractivity contribution in [2.24, 2.45) is 0 Å². The Morgan fingerprint density at radius 1 is 1.03 bits per heavy atom. The molecule has 1 aliphatic rings. The number of carbonyl (C=O) groups is 1. The molecule has 0 unspecified atom stereocenters. The lowest BCUT2D eigenvalue weighted by Gasteiger charge is -2.34. The molecule has 1 fully saturated rings. The van der Waals surface area contributed by atoms with Crippen LogP contribution in [0.15, 0.2) is 42.5 Å². The predicted octanol–water partition coefficient (Wildman–Crippen LogP) is 2.28. The summed E-state index contributed by atoms with van der Waals surface area (Å²) in [6, 6.07) is 12.5. The van der Waals surface area contributed by atoms with Gasteiger partial charge in [-0.15, -0.1) is 0 Å². The number of ether oxygens (including phenoxy) is 1. The molecule has 0 bridgehead atoms. The summed E-state index contributed by atoms with van der Waals surface area (Å²) in [5.74, 6) is 1.13. The van der Waals surface area contributed by atoms with Crippen molar-refractivity contribution in [2.75, 3.05) is 50.8 Å². The van der Waals surface area contributed by atoms with E-state index in [9.17, 15) is 4.79 Å². The van der Waals surface area contributed by atoms with E-state index in [2.05, 4.69) is 14.9 Å². The Kier molecular flexibility index (Phi) is 5.87. The third kappa shape index (κ3) is 4.39. The van der Waals surface area contributed by atoms with Gasteiger partial charge in [0.05, 0.1) is 10.9 Å². The third-order valence-corrected chi connectivity index (χ3v) is 5.40. The van der Waals surface area contributed by atoms with E-state index >= 15 is 0 Å². The fourth-order valence-electron chi connectivity index (χ4n) is 3.55. The SMILES string of the molecule is Nc1nc(N)c2c(OCCN3CCN(C(=O)c4ccc(Cl)cc4)CC3)cccc2n1. The molecule has 0 spiro atoms. The summed E-state index contributed by atoms with van der Waals surface area (Å²) in [6.07, 6.45) is 0. The molecule has 4 N–H and O–H groups in total. The number of carbonyl (C=O) groups excluding carboxylic acids is 1. The largest absolute Gasteiger partial charge is 0.491 e. The Morgan fingerprint density at radius 3 is 2.50 bits per heavy atom. The Balaban J connectivity index is 1.30. The van der Waals surface area contributed by atoms with E-state index in [1.54, 1.807) is 24.3 Å². The summed E-state index contributed by atoms with van der Waals surface area (Å²) in [6.45, 7) is 4.18. The Morgan fingerprint density at radius 2 is 1.77 bits per heavy atom. The minimum Gasteiger partial charge on any atom is -0.491 e. The number of rotatable bonds is 5. The number of piperazine rings is 1. The first-order valence-corrected chi connectivity index (χ1v) is 10.1. The highest BCUT2D eigenvalue weighted by Crippen LogP contribution is 2.29. The van der Waals surface area contributed by atoms with Gasteiger partial charge in [-0.1, -0.05) is 17.7 Å². The number of nitrogens with two attached hydrogens (primary N) is 2. The average Bonchev–Trinajstić information content (AvgIpc) is 2.74. The van der Waals surface area contributed by atoms with Crippen molar-refractivity contribution in [1.82, 2.24) is 19.8 Å². The number of hydrogen-bond acceptors (Lipinski definition) is 7. The Labute approximate surface area is 179 Å². The Bertz CT molecular complexity index is 1050. The predicted molar refractivity (Wildman–Crippen MR) is 118 cm³/mol. The second-order valence-electron chi connectivity index (χ2n) is 7.11. The number of halogens is 1. The molecule has 0 saturated carbocycles. The summed E-state index contributed by atoms with van der Waals surface area (Å²) >= 11 is 5.90. The molecule has 4 rings (SSSR count). The topological polar surface area (TPSA) is 111 Å². The van der Waals surface area contributed by atoms with E-state index in [-0.39, 0.29) is 11.9 Å². The van der Waals surface area contributed by atoms with Crippen LogP contribution < -0.4 is 16.2 Å². The second kappa shape index (κ2) is 8.73. The van der Waals surface area contributed by atoms with Crippen molar-refractivity contribution in [3.8, 4) is 5.75 Å². The lowest BCUT2D eigenvalue weighted by Crippen LogP contribution is -2.49. The highest BCUT2D eigenvalue weighted by atomic mass is 35.5. The van der Waals surface area contributed by atoms with Crippen LogP contribution in [-0.4, -0.2) is 65.0 Å². The van der Waals surface area contributed by atoms with Gasteiger partial charge in [0.25, 0.3) is 5.91 Å². The number of nitrogen functional groups attached to an aromatic ring is 2. The van der Waals surface area contributed by atoms with Crippen molar-refractivity contribution in [1.29, 1.82) is 0 Å². The van der Waals surface area contributed by atoms with E-state index in [1.807, 2.05) is 23.1 Å². The van der Waals surface area contributed by atoms with Gasteiger partial charge in [0.1, 0.15) is 18.2 Å². The molecule has 1 aliphatic heterocycles. The number of amides is 1. The molecule has 2 heterocycles. The van der Waals surface area contributed by atoms with Crippen LogP contribution in [-0.2, 0) is 0 Å². The maximum Gasteiger partial charge on any atom is 0.253 e. The first-order chi connectivity index (χ1) is 14.5. The maximum absolute atomic E-state index is 12.6. The van der Waals surface area contributed by atoms with Gasteiger partial charge in [-0.3, -0.25) is 9.69 Å². The van der Waals surface area contributed by atoms with E-state index in [4.69, 9.17) is 27.8 Å². The molecule has 2 aromatic carbocycles. The smallest absolute Gasteiger partial charge is 0.253 e. The quantitative estimate of drug-likeness (QED) is 0.643. The summed E-state index contributed by atoms with van der Waals surface area (Å²) < 4.78 is 5.96. The van der Waals surface area contributed by atoms with Crippen LogP contribution in [0.2, 0.25) is 5.02 Å². The fourth-order valence-corrected chi connectivity index (χ4v) is 3.68. The summed E-state index contributed by atoms with van der Waals surface area (Å²) in [5, 5.41) is 1.30. The number of hydrogen-bond donors (Lipinski definition) is 2. The summed E-state index contributed by atoms with van der Waals surface area (Å²) in [4.78, 5) is 25.0. The van der Waals surface area contributed by atoms with Crippen molar-refractivity contribution >= 4 is 40.2 Å². The molecular weight excluding hydrogens is 404 g/mol. The number of benzene rings is 2. The summed E-state index contributed by atoms with van der Waals surface area (Å²) in [7, 11) is 0. The van der Waals surface area contributed by atoms with Gasteiger partial charge >= 0.3 is 0 Å². The van der Waals surface area contributed by atoms with E-state index in [1.165, 1.54) is 0 Å². The molecule has 0 radical (unpaired) electrons. The third-order valence-electron chi connectivity index (χ3n) is 5.15. The lowest BCUT2D eigenvalue weighted by atomic mass is 10.2. The lowest BCUT2D eigenvalue weighted by molar-refractivity contribution is 0.0620. The van der Waals surface area contributed by atoms with Crippen LogP contribution in [0.3, 0.4) is 0 Å². The second-order valence-corrected chi connectivity index (χ2v) is 7.54. The van der Waals surface area contributed by atoms with Crippen LogP contribution in [0.5, 0.6) is 5.75 Å². The minimum atomic E-state index is 0.0353. The molecule has 1 aromatic heterocycles. The minimum absolute atomic E-state index is 0.0353. The average molecular weight is 427 g/mol. The first kappa shape index (κ1) is 20.2. The summed E-state index contributed by atoms with van der Waals surface area (Å²) in [5.41, 5.74) is 13.0. The molecule has 156 valence electrons. The first-order valence-electron chi connectivity index (χ1n) is 9.73. The van der Waals surface area contributed by atoms with Crippen molar-refractivity contribution < 1.29 is 9.53 Å². The molecule has 3 aromatic rings. The van der Waals surface area contributed by atoms with Crippen LogP contribution in [0.4, 0.5) is 11.8 Å². The van der Waals surface area contributed by atoms with Gasteiger partial charge in [0.2, 0.25) is 5.95 Å². The van der Waals surface area contributed by atoms with Gasteiger partial charge in [-0.2, -0.15) is 4.98 Å². The molecule has 0 atom stereocenters. The van der Waals surface area contributed by atoms with Crippen LogP contribution >= 0.6 is 11.6 Å².